The van der Waals surface area contributed by atoms with E-state index in [2.05, 4.69) is 35.1 Å². The Balaban J connectivity index is 1.66. The highest BCUT2D eigenvalue weighted by Crippen LogP contribution is 2.34. The molecule has 0 aromatic heterocycles. The molecule has 0 radical (unpaired) electrons. The summed E-state index contributed by atoms with van der Waals surface area (Å²) in [4.78, 5) is 39.7. The number of ether oxygens (including phenoxy) is 1. The number of rotatable bonds is 8. The molecule has 3 rings (SSSR count). The van der Waals surface area contributed by atoms with E-state index < -0.39 is 17.1 Å². The van der Waals surface area contributed by atoms with Crippen LogP contribution >= 0.6 is 39.5 Å². The molecule has 9 heteroatoms. The lowest BCUT2D eigenvalue weighted by atomic mass is 10.2. The summed E-state index contributed by atoms with van der Waals surface area (Å²) in [6.07, 6.45) is 3.58. The third-order valence-electron chi connectivity index (χ3n) is 4.35. The first-order valence-corrected chi connectivity index (χ1v) is 12.7. The molecule has 3 amide bonds. The van der Waals surface area contributed by atoms with Crippen molar-refractivity contribution in [1.82, 2.24) is 4.90 Å². The number of carbonyl (C=O) groups excluding carboxylic acids is 3. The zero-order valence-corrected chi connectivity index (χ0v) is 21.1. The molecule has 6 nitrogen and oxygen atoms in total. The van der Waals surface area contributed by atoms with Crippen LogP contribution in [-0.4, -0.2) is 41.4 Å². The van der Waals surface area contributed by atoms with Crippen molar-refractivity contribution in [2.24, 2.45) is 5.92 Å². The standard InChI is InChI=1S/C23H23BrN2O4S2/c1-14(2)13-30-19-8-7-15(9-18(19)24)10-20-22(28)26(23(29)32-20)12-21(27)25-16-5-4-6-17(11-16)31-3/h4-11,14H,12-13H2,1-3H3,(H,25,27)/b20-10+. The van der Waals surface area contributed by atoms with Crippen molar-refractivity contribution in [1.29, 1.82) is 0 Å². The van der Waals surface area contributed by atoms with Crippen LogP contribution in [0.5, 0.6) is 5.75 Å². The van der Waals surface area contributed by atoms with E-state index in [0.717, 1.165) is 31.6 Å². The van der Waals surface area contributed by atoms with Crippen LogP contribution in [0.2, 0.25) is 0 Å². The summed E-state index contributed by atoms with van der Waals surface area (Å²) in [6, 6.07) is 12.8. The van der Waals surface area contributed by atoms with Crippen molar-refractivity contribution in [3.63, 3.8) is 0 Å². The summed E-state index contributed by atoms with van der Waals surface area (Å²) in [5.41, 5.74) is 1.37. The number of benzene rings is 2. The molecule has 1 N–H and O–H groups in total. The van der Waals surface area contributed by atoms with Gasteiger partial charge in [0.15, 0.2) is 0 Å². The fourth-order valence-electron chi connectivity index (χ4n) is 2.81. The Morgan fingerprint density at radius 1 is 1.25 bits per heavy atom. The maximum atomic E-state index is 12.7. The van der Waals surface area contributed by atoms with Gasteiger partial charge in [-0.05, 0) is 81.8 Å². The molecule has 0 saturated carbocycles. The summed E-state index contributed by atoms with van der Waals surface area (Å²) in [5, 5.41) is 2.27. The molecule has 1 fully saturated rings. The van der Waals surface area contributed by atoms with Gasteiger partial charge in [-0.25, -0.2) is 0 Å². The van der Waals surface area contributed by atoms with Gasteiger partial charge in [0.05, 0.1) is 16.0 Å². The number of anilines is 1. The highest BCUT2D eigenvalue weighted by atomic mass is 79.9. The molecule has 0 spiro atoms. The number of thioether (sulfide) groups is 2. The van der Waals surface area contributed by atoms with Crippen molar-refractivity contribution in [2.45, 2.75) is 18.7 Å². The van der Waals surface area contributed by atoms with Crippen molar-refractivity contribution in [3.8, 4) is 5.75 Å². The lowest BCUT2D eigenvalue weighted by molar-refractivity contribution is -0.127. The summed E-state index contributed by atoms with van der Waals surface area (Å²) < 4.78 is 6.50. The molecule has 2 aromatic rings. The van der Waals surface area contributed by atoms with Gasteiger partial charge < -0.3 is 10.1 Å². The molecule has 2 aromatic carbocycles. The Morgan fingerprint density at radius 3 is 2.72 bits per heavy atom. The van der Waals surface area contributed by atoms with E-state index in [1.54, 1.807) is 23.9 Å². The normalized spacial score (nSPS) is 15.0. The number of amides is 3. The molecule has 168 valence electrons. The number of halogens is 1. The van der Waals surface area contributed by atoms with Crippen molar-refractivity contribution in [3.05, 3.63) is 57.4 Å². The minimum Gasteiger partial charge on any atom is -0.492 e. The molecule has 1 heterocycles. The first kappa shape index (κ1) is 24.4. The predicted octanol–water partition coefficient (Wildman–Crippen LogP) is 5.88. The number of hydrogen-bond acceptors (Lipinski definition) is 6. The average Bonchev–Trinajstić information content (AvgIpc) is 3.00. The van der Waals surface area contributed by atoms with Gasteiger partial charge >= 0.3 is 0 Å². The van der Waals surface area contributed by atoms with E-state index in [4.69, 9.17) is 4.74 Å². The summed E-state index contributed by atoms with van der Waals surface area (Å²) in [7, 11) is 0. The van der Waals surface area contributed by atoms with Crippen LogP contribution in [0.3, 0.4) is 0 Å². The minimum atomic E-state index is -0.482. The smallest absolute Gasteiger partial charge is 0.294 e. The molecule has 0 atom stereocenters. The molecular formula is C23H23BrN2O4S2. The topological polar surface area (TPSA) is 75.7 Å². The Labute approximate surface area is 204 Å². The van der Waals surface area contributed by atoms with Crippen molar-refractivity contribution in [2.75, 3.05) is 24.7 Å². The van der Waals surface area contributed by atoms with E-state index in [9.17, 15) is 14.4 Å². The van der Waals surface area contributed by atoms with E-state index >= 15 is 0 Å². The zero-order valence-electron chi connectivity index (χ0n) is 17.9. The molecule has 32 heavy (non-hydrogen) atoms. The first-order valence-electron chi connectivity index (χ1n) is 9.88. The van der Waals surface area contributed by atoms with Gasteiger partial charge in [-0.2, -0.15) is 0 Å². The van der Waals surface area contributed by atoms with Crippen LogP contribution < -0.4 is 10.1 Å². The highest BCUT2D eigenvalue weighted by Gasteiger charge is 2.36. The molecule has 1 aliphatic heterocycles. The van der Waals surface area contributed by atoms with Gasteiger partial charge in [0, 0.05) is 10.6 Å². The second kappa shape index (κ2) is 11.1. The van der Waals surface area contributed by atoms with Crippen LogP contribution in [0.15, 0.2) is 56.7 Å². The Morgan fingerprint density at radius 2 is 2.03 bits per heavy atom. The van der Waals surface area contributed by atoms with Crippen LogP contribution in [-0.2, 0) is 9.59 Å². The SMILES string of the molecule is CSc1cccc(NC(=O)CN2C(=O)S/C(=C/c3ccc(OCC(C)C)c(Br)c3)C2=O)c1. The van der Waals surface area contributed by atoms with Crippen LogP contribution in [0.1, 0.15) is 19.4 Å². The Bertz CT molecular complexity index is 1070. The third-order valence-corrected chi connectivity index (χ3v) is 6.61. The second-order valence-corrected chi connectivity index (χ2v) is 10.2. The van der Waals surface area contributed by atoms with Crippen LogP contribution in [0.4, 0.5) is 10.5 Å². The Hall–Kier alpha value is -2.23. The fraction of sp³-hybridized carbons (Fsp3) is 0.261. The van der Waals surface area contributed by atoms with Crippen molar-refractivity contribution < 1.29 is 19.1 Å². The average molecular weight is 535 g/mol. The monoisotopic (exact) mass is 534 g/mol. The second-order valence-electron chi connectivity index (χ2n) is 7.44. The van der Waals surface area contributed by atoms with E-state index in [1.165, 1.54) is 0 Å². The number of nitrogens with zero attached hydrogens (tertiary/aromatic N) is 1. The van der Waals surface area contributed by atoms with Crippen molar-refractivity contribution >= 4 is 68.3 Å². The number of carbonyl (C=O) groups is 3. The first-order chi connectivity index (χ1) is 15.3. The Kier molecular flexibility index (Phi) is 8.44. The van der Waals surface area contributed by atoms with E-state index in [1.807, 2.05) is 42.7 Å². The lowest BCUT2D eigenvalue weighted by Crippen LogP contribution is -2.36. The third kappa shape index (κ3) is 6.40. The zero-order chi connectivity index (χ0) is 23.3. The summed E-state index contributed by atoms with van der Waals surface area (Å²) in [5.74, 6) is 0.205. The van der Waals surface area contributed by atoms with E-state index in [-0.39, 0.29) is 11.4 Å². The maximum absolute atomic E-state index is 12.7. The van der Waals surface area contributed by atoms with Gasteiger partial charge in [0.25, 0.3) is 11.1 Å². The van der Waals surface area contributed by atoms with Gasteiger partial charge in [-0.15, -0.1) is 11.8 Å². The van der Waals surface area contributed by atoms with Crippen LogP contribution in [0, 0.1) is 5.92 Å². The molecule has 0 unspecified atom stereocenters. The summed E-state index contributed by atoms with van der Waals surface area (Å²) >= 11 is 5.86. The number of hydrogen-bond donors (Lipinski definition) is 1. The number of nitrogens with one attached hydrogen (secondary N) is 1. The largest absolute Gasteiger partial charge is 0.492 e. The molecule has 0 aliphatic carbocycles. The van der Waals surface area contributed by atoms with E-state index in [0.29, 0.717) is 24.0 Å². The molecular weight excluding hydrogens is 512 g/mol. The maximum Gasteiger partial charge on any atom is 0.294 e. The predicted molar refractivity (Wildman–Crippen MR) is 134 cm³/mol. The molecule has 1 saturated heterocycles. The van der Waals surface area contributed by atoms with Gasteiger partial charge in [0.1, 0.15) is 12.3 Å². The fourth-order valence-corrected chi connectivity index (χ4v) is 4.62. The minimum absolute atomic E-state index is 0.273. The highest BCUT2D eigenvalue weighted by molar-refractivity contribution is 9.10. The summed E-state index contributed by atoms with van der Waals surface area (Å²) in [6.45, 7) is 4.40. The lowest BCUT2D eigenvalue weighted by Gasteiger charge is -2.13. The van der Waals surface area contributed by atoms with Gasteiger partial charge in [0.2, 0.25) is 5.91 Å². The number of imide groups is 1. The van der Waals surface area contributed by atoms with Gasteiger partial charge in [-0.1, -0.05) is 26.0 Å². The molecule has 1 aliphatic rings. The van der Waals surface area contributed by atoms with Crippen LogP contribution in [0.25, 0.3) is 6.08 Å². The van der Waals surface area contributed by atoms with Gasteiger partial charge in [-0.3, -0.25) is 19.3 Å². The molecule has 0 bridgehead atoms. The quantitative estimate of drug-likeness (QED) is 0.336.